The summed E-state index contributed by atoms with van der Waals surface area (Å²) >= 11 is 6.30. The number of halogens is 1. The Morgan fingerprint density at radius 1 is 1.06 bits per heavy atom. The van der Waals surface area contributed by atoms with E-state index in [1.54, 1.807) is 48.5 Å². The number of hydrogen-bond acceptors (Lipinski definition) is 8. The van der Waals surface area contributed by atoms with Crippen LogP contribution in [-0.4, -0.2) is 59.7 Å². The molecule has 0 atom stereocenters. The Hall–Kier alpha value is -4.28. The van der Waals surface area contributed by atoms with E-state index in [4.69, 9.17) is 11.6 Å². The van der Waals surface area contributed by atoms with Gasteiger partial charge in [-0.25, -0.2) is 4.98 Å². The average molecular weight is 508 g/mol. The average Bonchev–Trinajstić information content (AvgIpc) is 2.86. The van der Waals surface area contributed by atoms with Gasteiger partial charge in [-0.3, -0.25) is 14.4 Å². The van der Waals surface area contributed by atoms with Crippen molar-refractivity contribution in [2.24, 2.45) is 0 Å². The second-order valence-electron chi connectivity index (χ2n) is 7.85. The van der Waals surface area contributed by atoms with Gasteiger partial charge in [-0.05, 0) is 50.5 Å². The van der Waals surface area contributed by atoms with E-state index >= 15 is 0 Å². The molecule has 0 saturated carbocycles. The van der Waals surface area contributed by atoms with Crippen molar-refractivity contribution in [3.63, 3.8) is 0 Å². The van der Waals surface area contributed by atoms with E-state index in [-0.39, 0.29) is 28.3 Å². The summed E-state index contributed by atoms with van der Waals surface area (Å²) in [6, 6.07) is 13.5. The number of likely N-dealkylation sites (N-methyl/N-ethyl adjacent to an activating group) is 1. The SMILES string of the molecule is C=CC(=O)Nc1cccc(Nc2ncc(Cl)c(Nc3ccccc3C(=O)C(=O)NCCN(C)C)n2)c1. The lowest BCUT2D eigenvalue weighted by Gasteiger charge is -2.14. The number of para-hydroxylation sites is 1. The maximum atomic E-state index is 12.8. The quantitative estimate of drug-likeness (QED) is 0.176. The molecular weight excluding hydrogens is 482 g/mol. The Labute approximate surface area is 213 Å². The van der Waals surface area contributed by atoms with Crippen LogP contribution in [-0.2, 0) is 9.59 Å². The predicted molar refractivity (Wildman–Crippen MR) is 141 cm³/mol. The summed E-state index contributed by atoms with van der Waals surface area (Å²) in [4.78, 5) is 47.2. The second kappa shape index (κ2) is 12.4. The molecule has 0 spiro atoms. The number of amides is 2. The summed E-state index contributed by atoms with van der Waals surface area (Å²) in [7, 11) is 3.75. The van der Waals surface area contributed by atoms with Gasteiger partial charge in [-0.2, -0.15) is 4.98 Å². The Morgan fingerprint density at radius 3 is 2.56 bits per heavy atom. The first kappa shape index (κ1) is 26.3. The zero-order valence-electron chi connectivity index (χ0n) is 19.8. The van der Waals surface area contributed by atoms with Crippen LogP contribution in [0.3, 0.4) is 0 Å². The van der Waals surface area contributed by atoms with Crippen LogP contribution in [0, 0.1) is 0 Å². The van der Waals surface area contributed by atoms with Gasteiger partial charge in [-0.1, -0.05) is 36.4 Å². The van der Waals surface area contributed by atoms with Crippen LogP contribution in [0.25, 0.3) is 0 Å². The molecule has 186 valence electrons. The van der Waals surface area contributed by atoms with E-state index in [0.717, 1.165) is 0 Å². The molecule has 0 fully saturated rings. The molecular formula is C25H26ClN7O3. The van der Waals surface area contributed by atoms with Gasteiger partial charge in [0.1, 0.15) is 5.02 Å². The molecule has 11 heteroatoms. The molecule has 0 radical (unpaired) electrons. The van der Waals surface area contributed by atoms with Crippen molar-refractivity contribution < 1.29 is 14.4 Å². The molecule has 0 bridgehead atoms. The van der Waals surface area contributed by atoms with Gasteiger partial charge >= 0.3 is 0 Å². The molecule has 4 N–H and O–H groups in total. The maximum Gasteiger partial charge on any atom is 0.292 e. The topological polar surface area (TPSA) is 128 Å². The molecule has 2 amide bonds. The van der Waals surface area contributed by atoms with Gasteiger partial charge in [-0.15, -0.1) is 0 Å². The molecule has 2 aromatic carbocycles. The monoisotopic (exact) mass is 507 g/mol. The maximum absolute atomic E-state index is 12.8. The molecule has 0 unspecified atom stereocenters. The van der Waals surface area contributed by atoms with Crippen molar-refractivity contribution >= 4 is 58.0 Å². The number of rotatable bonds is 11. The highest BCUT2D eigenvalue weighted by Gasteiger charge is 2.20. The largest absolute Gasteiger partial charge is 0.348 e. The smallest absolute Gasteiger partial charge is 0.292 e. The van der Waals surface area contributed by atoms with Crippen molar-refractivity contribution in [1.82, 2.24) is 20.2 Å². The van der Waals surface area contributed by atoms with Crippen molar-refractivity contribution in [3.05, 3.63) is 78.0 Å². The first-order chi connectivity index (χ1) is 17.3. The van der Waals surface area contributed by atoms with E-state index in [9.17, 15) is 14.4 Å². The van der Waals surface area contributed by atoms with Crippen molar-refractivity contribution in [3.8, 4) is 0 Å². The fourth-order valence-electron chi connectivity index (χ4n) is 3.03. The molecule has 1 heterocycles. The predicted octanol–water partition coefficient (Wildman–Crippen LogP) is 3.60. The number of benzene rings is 2. The van der Waals surface area contributed by atoms with E-state index in [1.807, 2.05) is 19.0 Å². The van der Waals surface area contributed by atoms with Gasteiger partial charge in [0.15, 0.2) is 5.82 Å². The van der Waals surface area contributed by atoms with E-state index in [1.165, 1.54) is 12.3 Å². The number of hydrogen-bond donors (Lipinski definition) is 4. The highest BCUT2D eigenvalue weighted by Crippen LogP contribution is 2.27. The van der Waals surface area contributed by atoms with Crippen molar-refractivity contribution in [1.29, 1.82) is 0 Å². The minimum atomic E-state index is -0.703. The third-order valence-corrected chi connectivity index (χ3v) is 5.07. The number of carbonyl (C=O) groups excluding carboxylic acids is 3. The third kappa shape index (κ3) is 7.36. The lowest BCUT2D eigenvalue weighted by atomic mass is 10.1. The van der Waals surface area contributed by atoms with Gasteiger partial charge in [0, 0.05) is 24.5 Å². The zero-order chi connectivity index (χ0) is 26.1. The summed E-state index contributed by atoms with van der Waals surface area (Å²) in [6.45, 7) is 4.38. The van der Waals surface area contributed by atoms with Gasteiger partial charge in [0.05, 0.1) is 17.4 Å². The van der Waals surface area contributed by atoms with Gasteiger partial charge < -0.3 is 26.2 Å². The summed E-state index contributed by atoms with van der Waals surface area (Å²) in [5, 5.41) is 11.6. The third-order valence-electron chi connectivity index (χ3n) is 4.79. The van der Waals surface area contributed by atoms with Crippen LogP contribution in [0.1, 0.15) is 10.4 Å². The van der Waals surface area contributed by atoms with Crippen molar-refractivity contribution in [2.45, 2.75) is 0 Å². The Bertz CT molecular complexity index is 1280. The van der Waals surface area contributed by atoms with Gasteiger partial charge in [0.2, 0.25) is 11.9 Å². The van der Waals surface area contributed by atoms with Crippen LogP contribution in [0.15, 0.2) is 67.4 Å². The van der Waals surface area contributed by atoms with E-state index in [0.29, 0.717) is 30.2 Å². The second-order valence-corrected chi connectivity index (χ2v) is 8.26. The minimum Gasteiger partial charge on any atom is -0.348 e. The van der Waals surface area contributed by atoms with Crippen LogP contribution in [0.2, 0.25) is 5.02 Å². The molecule has 1 aromatic heterocycles. The van der Waals surface area contributed by atoms with Crippen LogP contribution < -0.4 is 21.3 Å². The first-order valence-corrected chi connectivity index (χ1v) is 11.3. The standard InChI is InChI=1S/C25H26ClN7O3/c1-4-21(34)29-16-8-7-9-17(14-16)30-25-28-15-19(26)23(32-25)31-20-11-6-5-10-18(20)22(35)24(36)27-12-13-33(2)3/h4-11,14-15H,1,12-13H2,2-3H3,(H,27,36)(H,29,34)(H2,28,30,31,32). The molecule has 10 nitrogen and oxygen atoms in total. The van der Waals surface area contributed by atoms with E-state index < -0.39 is 11.7 Å². The lowest BCUT2D eigenvalue weighted by Crippen LogP contribution is -2.36. The fourth-order valence-corrected chi connectivity index (χ4v) is 3.16. The first-order valence-electron chi connectivity index (χ1n) is 10.9. The number of Topliss-reactive ketones (excluding diaryl/α,β-unsaturated/α-hetero) is 1. The molecule has 36 heavy (non-hydrogen) atoms. The highest BCUT2D eigenvalue weighted by atomic mass is 35.5. The normalized spacial score (nSPS) is 10.4. The summed E-state index contributed by atoms with van der Waals surface area (Å²) in [5.74, 6) is -1.26. The molecule has 3 rings (SSSR count). The minimum absolute atomic E-state index is 0.176. The van der Waals surface area contributed by atoms with Crippen LogP contribution in [0.5, 0.6) is 0 Å². The number of carbonyl (C=O) groups is 3. The molecule has 3 aromatic rings. The molecule has 0 aliphatic rings. The van der Waals surface area contributed by atoms with Crippen LogP contribution in [0.4, 0.5) is 28.8 Å². The molecule has 0 saturated heterocycles. The Morgan fingerprint density at radius 2 is 1.81 bits per heavy atom. The highest BCUT2D eigenvalue weighted by molar-refractivity contribution is 6.44. The number of anilines is 5. The summed E-state index contributed by atoms with van der Waals surface area (Å²) in [6.07, 6.45) is 2.58. The van der Waals surface area contributed by atoms with Crippen LogP contribution >= 0.6 is 11.6 Å². The number of nitrogens with zero attached hydrogens (tertiary/aromatic N) is 3. The number of aromatic nitrogens is 2. The fraction of sp³-hybridized carbons (Fsp3) is 0.160. The van der Waals surface area contributed by atoms with Crippen molar-refractivity contribution in [2.75, 3.05) is 43.1 Å². The summed E-state index contributed by atoms with van der Waals surface area (Å²) in [5.41, 5.74) is 1.73. The summed E-state index contributed by atoms with van der Waals surface area (Å²) < 4.78 is 0. The van der Waals surface area contributed by atoms with Gasteiger partial charge in [0.25, 0.3) is 11.7 Å². The Balaban J connectivity index is 1.77. The Kier molecular flexibility index (Phi) is 9.09. The number of nitrogens with one attached hydrogen (secondary N) is 4. The molecule has 0 aliphatic carbocycles. The lowest BCUT2D eigenvalue weighted by molar-refractivity contribution is -0.117. The van der Waals surface area contributed by atoms with E-state index in [2.05, 4.69) is 37.8 Å². The number of ketones is 1. The zero-order valence-corrected chi connectivity index (χ0v) is 20.6. The molecule has 0 aliphatic heterocycles.